The van der Waals surface area contributed by atoms with E-state index in [1.54, 1.807) is 24.3 Å². The molecule has 0 aliphatic heterocycles. The number of amides is 1. The normalized spacial score (nSPS) is 11.8. The van der Waals surface area contributed by atoms with Crippen LogP contribution in [0.5, 0.6) is 5.75 Å². The van der Waals surface area contributed by atoms with E-state index in [9.17, 15) is 9.59 Å². The van der Waals surface area contributed by atoms with Crippen molar-refractivity contribution < 1.29 is 19.4 Å². The third-order valence-electron chi connectivity index (χ3n) is 3.95. The topological polar surface area (TPSA) is 75.6 Å². The summed E-state index contributed by atoms with van der Waals surface area (Å²) in [7, 11) is 0. The number of aromatic carboxylic acids is 1. The molecule has 0 heterocycles. The van der Waals surface area contributed by atoms with Gasteiger partial charge in [0.25, 0.3) is 0 Å². The van der Waals surface area contributed by atoms with Crippen molar-refractivity contribution in [2.45, 2.75) is 45.8 Å². The number of carbonyl (C=O) groups is 2. The molecule has 0 saturated heterocycles. The predicted octanol–water partition coefficient (Wildman–Crippen LogP) is 3.98. The summed E-state index contributed by atoms with van der Waals surface area (Å²) in [6, 6.07) is 14.2. The Kier molecular flexibility index (Phi) is 6.78. The van der Waals surface area contributed by atoms with Crippen molar-refractivity contribution in [1.29, 1.82) is 0 Å². The van der Waals surface area contributed by atoms with Crippen LogP contribution in [-0.2, 0) is 11.2 Å². The fourth-order valence-electron chi connectivity index (χ4n) is 2.60. The first kappa shape index (κ1) is 19.5. The summed E-state index contributed by atoms with van der Waals surface area (Å²) in [6.07, 6.45) is 1.01. The maximum absolute atomic E-state index is 12.2. The average Bonchev–Trinajstić information content (AvgIpc) is 2.60. The molecule has 138 valence electrons. The van der Waals surface area contributed by atoms with Gasteiger partial charge in [-0.05, 0) is 62.6 Å². The summed E-state index contributed by atoms with van der Waals surface area (Å²) in [5, 5.41) is 11.9. The van der Waals surface area contributed by atoms with Crippen molar-refractivity contribution in [1.82, 2.24) is 5.32 Å². The van der Waals surface area contributed by atoms with Crippen molar-refractivity contribution in [3.63, 3.8) is 0 Å². The number of benzene rings is 2. The number of hydrogen-bond donors (Lipinski definition) is 2. The first-order valence-electron chi connectivity index (χ1n) is 8.73. The maximum Gasteiger partial charge on any atom is 0.335 e. The van der Waals surface area contributed by atoms with Gasteiger partial charge >= 0.3 is 5.97 Å². The molecule has 0 aliphatic rings. The summed E-state index contributed by atoms with van der Waals surface area (Å²) in [5.41, 5.74) is 2.17. The predicted molar refractivity (Wildman–Crippen MR) is 100 cm³/mol. The highest BCUT2D eigenvalue weighted by Crippen LogP contribution is 2.20. The fraction of sp³-hybridized carbons (Fsp3) is 0.333. The third kappa shape index (κ3) is 5.92. The Hall–Kier alpha value is -2.82. The number of carboxylic acid groups (broad SMARTS) is 1. The van der Waals surface area contributed by atoms with E-state index in [1.165, 1.54) is 0 Å². The smallest absolute Gasteiger partial charge is 0.335 e. The first-order chi connectivity index (χ1) is 12.3. The SMILES string of the molecule is CC(C)Oc1cccc(C(C)NC(=O)CCc2ccc(C(=O)O)cc2)c1. The molecule has 2 aromatic carbocycles. The van der Waals surface area contributed by atoms with Gasteiger partial charge < -0.3 is 15.2 Å². The monoisotopic (exact) mass is 355 g/mol. The second-order valence-electron chi connectivity index (χ2n) is 6.53. The maximum atomic E-state index is 12.2. The minimum atomic E-state index is -0.952. The van der Waals surface area contributed by atoms with E-state index in [4.69, 9.17) is 9.84 Å². The van der Waals surface area contributed by atoms with Gasteiger partial charge in [0, 0.05) is 6.42 Å². The molecule has 26 heavy (non-hydrogen) atoms. The van der Waals surface area contributed by atoms with Crippen LogP contribution in [0.25, 0.3) is 0 Å². The van der Waals surface area contributed by atoms with Gasteiger partial charge in [-0.3, -0.25) is 4.79 Å². The summed E-state index contributed by atoms with van der Waals surface area (Å²) < 4.78 is 5.69. The summed E-state index contributed by atoms with van der Waals surface area (Å²) >= 11 is 0. The molecular weight excluding hydrogens is 330 g/mol. The van der Waals surface area contributed by atoms with E-state index < -0.39 is 5.97 Å². The zero-order valence-corrected chi connectivity index (χ0v) is 15.4. The molecule has 2 rings (SSSR count). The Morgan fingerprint density at radius 3 is 2.38 bits per heavy atom. The van der Waals surface area contributed by atoms with Gasteiger partial charge in [0.2, 0.25) is 5.91 Å². The van der Waals surface area contributed by atoms with Crippen LogP contribution in [0.4, 0.5) is 0 Å². The lowest BCUT2D eigenvalue weighted by atomic mass is 10.1. The molecule has 0 spiro atoms. The zero-order chi connectivity index (χ0) is 19.1. The summed E-state index contributed by atoms with van der Waals surface area (Å²) in [4.78, 5) is 23.0. The van der Waals surface area contributed by atoms with Crippen LogP contribution in [0.3, 0.4) is 0 Å². The highest BCUT2D eigenvalue weighted by atomic mass is 16.5. The van der Waals surface area contributed by atoms with Crippen molar-refractivity contribution in [2.24, 2.45) is 0 Å². The molecule has 0 fully saturated rings. The largest absolute Gasteiger partial charge is 0.491 e. The highest BCUT2D eigenvalue weighted by Gasteiger charge is 2.11. The highest BCUT2D eigenvalue weighted by molar-refractivity contribution is 5.87. The summed E-state index contributed by atoms with van der Waals surface area (Å²) in [6.45, 7) is 5.88. The quantitative estimate of drug-likeness (QED) is 0.751. The Balaban J connectivity index is 1.87. The number of carboxylic acids is 1. The number of hydrogen-bond acceptors (Lipinski definition) is 3. The lowest BCUT2D eigenvalue weighted by Crippen LogP contribution is -2.26. The first-order valence-corrected chi connectivity index (χ1v) is 8.73. The van der Waals surface area contributed by atoms with Crippen molar-refractivity contribution >= 4 is 11.9 Å². The average molecular weight is 355 g/mol. The van der Waals surface area contributed by atoms with E-state index in [0.29, 0.717) is 12.8 Å². The molecular formula is C21H25NO4. The van der Waals surface area contributed by atoms with Gasteiger partial charge in [-0.25, -0.2) is 4.79 Å². The minimum absolute atomic E-state index is 0.0463. The Morgan fingerprint density at radius 2 is 1.77 bits per heavy atom. The van der Waals surface area contributed by atoms with Crippen LogP contribution >= 0.6 is 0 Å². The minimum Gasteiger partial charge on any atom is -0.491 e. The van der Waals surface area contributed by atoms with Gasteiger partial charge in [-0.2, -0.15) is 0 Å². The molecule has 5 heteroatoms. The van der Waals surface area contributed by atoms with Gasteiger partial charge in [0.1, 0.15) is 5.75 Å². The van der Waals surface area contributed by atoms with Crippen LogP contribution in [-0.4, -0.2) is 23.1 Å². The second-order valence-corrected chi connectivity index (χ2v) is 6.53. The Morgan fingerprint density at radius 1 is 1.08 bits per heavy atom. The van der Waals surface area contributed by atoms with Crippen molar-refractivity contribution in [3.05, 3.63) is 65.2 Å². The van der Waals surface area contributed by atoms with Gasteiger partial charge in [-0.1, -0.05) is 24.3 Å². The molecule has 1 atom stereocenters. The van der Waals surface area contributed by atoms with Gasteiger partial charge in [0.05, 0.1) is 17.7 Å². The number of rotatable bonds is 8. The lowest BCUT2D eigenvalue weighted by Gasteiger charge is -2.16. The van der Waals surface area contributed by atoms with Crippen molar-refractivity contribution in [3.8, 4) is 5.75 Å². The van der Waals surface area contributed by atoms with Crippen LogP contribution in [0, 0.1) is 0 Å². The van der Waals surface area contributed by atoms with Crippen LogP contribution in [0.2, 0.25) is 0 Å². The van der Waals surface area contributed by atoms with Crippen LogP contribution in [0.1, 0.15) is 54.7 Å². The molecule has 0 bridgehead atoms. The molecule has 2 aromatic rings. The number of carbonyl (C=O) groups excluding carboxylic acids is 1. The van der Waals surface area contributed by atoms with E-state index in [0.717, 1.165) is 16.9 Å². The molecule has 2 N–H and O–H groups in total. The number of nitrogens with one attached hydrogen (secondary N) is 1. The third-order valence-corrected chi connectivity index (χ3v) is 3.95. The van der Waals surface area contributed by atoms with E-state index in [1.807, 2.05) is 45.0 Å². The fourth-order valence-corrected chi connectivity index (χ4v) is 2.60. The molecule has 0 aliphatic carbocycles. The van der Waals surface area contributed by atoms with E-state index in [2.05, 4.69) is 5.32 Å². The molecule has 0 aromatic heterocycles. The Labute approximate surface area is 154 Å². The van der Waals surface area contributed by atoms with Crippen LogP contribution < -0.4 is 10.1 Å². The van der Waals surface area contributed by atoms with E-state index >= 15 is 0 Å². The van der Waals surface area contributed by atoms with Gasteiger partial charge in [0.15, 0.2) is 0 Å². The molecule has 1 amide bonds. The van der Waals surface area contributed by atoms with Crippen molar-refractivity contribution in [2.75, 3.05) is 0 Å². The molecule has 1 unspecified atom stereocenters. The summed E-state index contributed by atoms with van der Waals surface area (Å²) in [5.74, 6) is -0.209. The van der Waals surface area contributed by atoms with Crippen LogP contribution in [0.15, 0.2) is 48.5 Å². The number of ether oxygens (including phenoxy) is 1. The number of aryl methyl sites for hydroxylation is 1. The standard InChI is InChI=1S/C21H25NO4/c1-14(2)26-19-6-4-5-18(13-19)15(3)22-20(23)12-9-16-7-10-17(11-8-16)21(24)25/h4-8,10-11,13-15H,9,12H2,1-3H3,(H,22,23)(H,24,25). The molecule has 0 saturated carbocycles. The lowest BCUT2D eigenvalue weighted by molar-refractivity contribution is -0.121. The molecule has 0 radical (unpaired) electrons. The van der Waals surface area contributed by atoms with E-state index in [-0.39, 0.29) is 23.6 Å². The zero-order valence-electron chi connectivity index (χ0n) is 15.4. The second kappa shape index (κ2) is 9.04. The molecule has 5 nitrogen and oxygen atoms in total. The van der Waals surface area contributed by atoms with Gasteiger partial charge in [-0.15, -0.1) is 0 Å². The Bertz CT molecular complexity index is 753.